The molecule has 17 heavy (non-hydrogen) atoms. The molecule has 92 valence electrons. The predicted molar refractivity (Wildman–Crippen MR) is 68.3 cm³/mol. The largest absolute Gasteiger partial charge is 0.433 e. The summed E-state index contributed by atoms with van der Waals surface area (Å²) in [6.45, 7) is 3.49. The lowest BCUT2D eigenvalue weighted by Gasteiger charge is -2.07. The lowest BCUT2D eigenvalue weighted by Crippen LogP contribution is -2.16. The van der Waals surface area contributed by atoms with Crippen molar-refractivity contribution in [2.24, 2.45) is 0 Å². The molecule has 0 unspecified atom stereocenters. The van der Waals surface area contributed by atoms with Crippen LogP contribution in [0.2, 0.25) is 24.7 Å². The van der Waals surface area contributed by atoms with Gasteiger partial charge >= 0.3 is 6.61 Å². The van der Waals surface area contributed by atoms with Gasteiger partial charge in [-0.2, -0.15) is 8.78 Å². The second kappa shape index (κ2) is 5.52. The van der Waals surface area contributed by atoms with Gasteiger partial charge in [0.1, 0.15) is 13.8 Å². The molecule has 0 aliphatic rings. The minimum absolute atomic E-state index is 0.0276. The van der Waals surface area contributed by atoms with Gasteiger partial charge in [-0.25, -0.2) is 0 Å². The summed E-state index contributed by atoms with van der Waals surface area (Å²) < 4.78 is 28.2. The van der Waals surface area contributed by atoms with E-state index in [1.54, 1.807) is 6.07 Å². The van der Waals surface area contributed by atoms with Gasteiger partial charge in [-0.1, -0.05) is 37.2 Å². The van der Waals surface area contributed by atoms with Crippen molar-refractivity contribution < 1.29 is 13.5 Å². The van der Waals surface area contributed by atoms with E-state index in [1.807, 2.05) is 0 Å². The van der Waals surface area contributed by atoms with E-state index in [2.05, 4.69) is 35.8 Å². The van der Waals surface area contributed by atoms with Gasteiger partial charge in [0, 0.05) is 5.56 Å². The molecule has 0 saturated carbocycles. The summed E-state index contributed by atoms with van der Waals surface area (Å²) in [6.07, 6.45) is 0. The molecule has 5 heteroatoms. The molecule has 0 aliphatic heterocycles. The summed E-state index contributed by atoms with van der Waals surface area (Å²) in [5.41, 5.74) is 3.87. The molecule has 0 spiro atoms. The van der Waals surface area contributed by atoms with Crippen LogP contribution in [-0.2, 0) is 0 Å². The van der Waals surface area contributed by atoms with Gasteiger partial charge in [-0.15, -0.1) is 5.54 Å². The van der Waals surface area contributed by atoms with E-state index in [9.17, 15) is 8.78 Å². The predicted octanol–water partition coefficient (Wildman–Crippen LogP) is 4.17. The molecular formula is C12H13ClF2OSi. The molecule has 0 fully saturated rings. The van der Waals surface area contributed by atoms with Crippen LogP contribution in [-0.4, -0.2) is 14.7 Å². The van der Waals surface area contributed by atoms with Crippen LogP contribution < -0.4 is 4.74 Å². The van der Waals surface area contributed by atoms with Crippen molar-refractivity contribution in [3.05, 3.63) is 28.8 Å². The van der Waals surface area contributed by atoms with Crippen LogP contribution in [0.1, 0.15) is 5.56 Å². The highest BCUT2D eigenvalue weighted by Gasteiger charge is 2.09. The van der Waals surface area contributed by atoms with Crippen molar-refractivity contribution in [2.75, 3.05) is 0 Å². The lowest BCUT2D eigenvalue weighted by atomic mass is 10.2. The normalized spacial score (nSPS) is 11.0. The number of benzene rings is 1. The van der Waals surface area contributed by atoms with Crippen LogP contribution >= 0.6 is 11.6 Å². The van der Waals surface area contributed by atoms with Crippen LogP contribution in [0, 0.1) is 11.5 Å². The molecule has 0 radical (unpaired) electrons. The molecule has 0 atom stereocenters. The monoisotopic (exact) mass is 274 g/mol. The second-order valence-electron chi connectivity index (χ2n) is 4.52. The first kappa shape index (κ1) is 14.0. The maximum atomic E-state index is 12.0. The SMILES string of the molecule is C[Si](C)(C)C#Cc1ccc(OC(F)F)c(Cl)c1. The average molecular weight is 275 g/mol. The van der Waals surface area contributed by atoms with Crippen LogP contribution in [0.3, 0.4) is 0 Å². The number of alkyl halides is 2. The van der Waals surface area contributed by atoms with E-state index in [1.165, 1.54) is 12.1 Å². The Morgan fingerprint density at radius 3 is 2.41 bits per heavy atom. The zero-order valence-electron chi connectivity index (χ0n) is 9.85. The van der Waals surface area contributed by atoms with Crippen molar-refractivity contribution in [1.82, 2.24) is 0 Å². The zero-order chi connectivity index (χ0) is 13.1. The first-order valence-corrected chi connectivity index (χ1v) is 8.93. The lowest BCUT2D eigenvalue weighted by molar-refractivity contribution is -0.0497. The van der Waals surface area contributed by atoms with Gasteiger partial charge in [-0.05, 0) is 18.2 Å². The van der Waals surface area contributed by atoms with Crippen LogP contribution in [0.25, 0.3) is 0 Å². The fourth-order valence-electron chi connectivity index (χ4n) is 1.03. The van der Waals surface area contributed by atoms with E-state index in [0.717, 1.165) is 0 Å². The quantitative estimate of drug-likeness (QED) is 0.581. The molecule has 1 aromatic rings. The molecule has 1 rings (SSSR count). The van der Waals surface area contributed by atoms with Gasteiger partial charge in [0.2, 0.25) is 0 Å². The number of rotatable bonds is 2. The van der Waals surface area contributed by atoms with Gasteiger partial charge < -0.3 is 4.74 Å². The Balaban J connectivity index is 2.92. The van der Waals surface area contributed by atoms with Gasteiger partial charge in [0.25, 0.3) is 0 Å². The summed E-state index contributed by atoms with van der Waals surface area (Å²) in [7, 11) is -1.45. The van der Waals surface area contributed by atoms with Crippen LogP contribution in [0.4, 0.5) is 8.78 Å². The average Bonchev–Trinajstić information content (AvgIpc) is 2.17. The number of halogens is 3. The first-order valence-electron chi connectivity index (χ1n) is 5.05. The minimum atomic E-state index is -2.87. The third kappa shape index (κ3) is 5.20. The smallest absolute Gasteiger partial charge is 0.387 e. The van der Waals surface area contributed by atoms with E-state index in [0.29, 0.717) is 5.56 Å². The summed E-state index contributed by atoms with van der Waals surface area (Å²) >= 11 is 5.81. The second-order valence-corrected chi connectivity index (χ2v) is 9.68. The minimum Gasteiger partial charge on any atom is -0.433 e. The van der Waals surface area contributed by atoms with Crippen molar-refractivity contribution in [3.63, 3.8) is 0 Å². The Hall–Kier alpha value is -1.05. The number of hydrogen-bond donors (Lipinski definition) is 0. The van der Waals surface area contributed by atoms with E-state index in [4.69, 9.17) is 11.6 Å². The molecule has 0 N–H and O–H groups in total. The van der Waals surface area contributed by atoms with Crippen molar-refractivity contribution in [2.45, 2.75) is 26.3 Å². The summed E-state index contributed by atoms with van der Waals surface area (Å²) in [5.74, 6) is 2.96. The molecule has 0 bridgehead atoms. The zero-order valence-corrected chi connectivity index (χ0v) is 11.6. The van der Waals surface area contributed by atoms with Gasteiger partial charge in [0.05, 0.1) is 5.02 Å². The molecular weight excluding hydrogens is 262 g/mol. The summed E-state index contributed by atoms with van der Waals surface area (Å²) in [4.78, 5) is 0. The van der Waals surface area contributed by atoms with E-state index in [-0.39, 0.29) is 10.8 Å². The molecule has 0 aliphatic carbocycles. The number of hydrogen-bond acceptors (Lipinski definition) is 1. The van der Waals surface area contributed by atoms with Crippen LogP contribution in [0.5, 0.6) is 5.75 Å². The highest BCUT2D eigenvalue weighted by atomic mass is 35.5. The Morgan fingerprint density at radius 1 is 1.29 bits per heavy atom. The van der Waals surface area contributed by atoms with Gasteiger partial charge in [0.15, 0.2) is 0 Å². The third-order valence-corrected chi connectivity index (χ3v) is 2.90. The first-order chi connectivity index (χ1) is 7.78. The van der Waals surface area contributed by atoms with Crippen molar-refractivity contribution >= 4 is 19.7 Å². The number of ether oxygens (including phenoxy) is 1. The maximum Gasteiger partial charge on any atom is 0.387 e. The third-order valence-electron chi connectivity index (χ3n) is 1.73. The van der Waals surface area contributed by atoms with Crippen LogP contribution in [0.15, 0.2) is 18.2 Å². The molecule has 0 heterocycles. The van der Waals surface area contributed by atoms with Crippen molar-refractivity contribution in [3.8, 4) is 17.2 Å². The maximum absolute atomic E-state index is 12.0. The molecule has 1 aromatic carbocycles. The highest BCUT2D eigenvalue weighted by molar-refractivity contribution is 6.83. The Morgan fingerprint density at radius 2 is 1.94 bits per heavy atom. The molecule has 0 aromatic heterocycles. The Bertz CT molecular complexity index is 458. The van der Waals surface area contributed by atoms with E-state index < -0.39 is 14.7 Å². The fraction of sp³-hybridized carbons (Fsp3) is 0.333. The Labute approximate surface area is 106 Å². The summed E-state index contributed by atoms with van der Waals surface area (Å²) in [5, 5.41) is 0.146. The highest BCUT2D eigenvalue weighted by Crippen LogP contribution is 2.26. The molecule has 0 saturated heterocycles. The van der Waals surface area contributed by atoms with Crippen molar-refractivity contribution in [1.29, 1.82) is 0 Å². The van der Waals surface area contributed by atoms with Gasteiger partial charge in [-0.3, -0.25) is 0 Å². The molecule has 0 amide bonds. The topological polar surface area (TPSA) is 9.23 Å². The fourth-order valence-corrected chi connectivity index (χ4v) is 1.77. The summed E-state index contributed by atoms with van der Waals surface area (Å²) in [6, 6.07) is 4.56. The molecule has 1 nitrogen and oxygen atoms in total. The van der Waals surface area contributed by atoms with E-state index >= 15 is 0 Å². The Kier molecular flexibility index (Phi) is 4.55. The standard InChI is InChI=1S/C12H13ClF2OSi/c1-17(2,3)7-6-9-4-5-11(10(13)8-9)16-12(14)15/h4-5,8,12H,1-3H3.